The monoisotopic (exact) mass is 336 g/mol. The minimum absolute atomic E-state index is 0.262. The number of benzene rings is 1. The number of rotatable bonds is 3. The van der Waals surface area contributed by atoms with E-state index in [2.05, 4.69) is 23.2 Å². The Morgan fingerprint density at radius 1 is 1.29 bits per heavy atom. The zero-order valence-corrected chi connectivity index (χ0v) is 14.1. The number of nitrogens with zero attached hydrogens (tertiary/aromatic N) is 3. The number of anilines is 1. The van der Waals surface area contributed by atoms with Crippen LogP contribution in [0.15, 0.2) is 24.3 Å². The number of nitrogens with one attached hydrogen (secondary N) is 1. The summed E-state index contributed by atoms with van der Waals surface area (Å²) in [5.74, 6) is -0.262. The fraction of sp³-hybridized carbons (Fsp3) is 0.278. The zero-order valence-electron chi connectivity index (χ0n) is 13.3. The second kappa shape index (κ2) is 6.84. The van der Waals surface area contributed by atoms with Gasteiger partial charge in [-0.2, -0.15) is 10.5 Å². The molecule has 0 fully saturated rings. The average Bonchev–Trinajstić information content (AvgIpc) is 2.97. The van der Waals surface area contributed by atoms with Gasteiger partial charge in [0.2, 0.25) is 0 Å². The molecule has 0 radical (unpaired) electrons. The maximum absolute atomic E-state index is 12.4. The molecule has 6 heteroatoms. The van der Waals surface area contributed by atoms with Gasteiger partial charge >= 0.3 is 0 Å². The molecule has 0 aliphatic carbocycles. The number of amides is 1. The molecule has 0 bridgehead atoms. The van der Waals surface area contributed by atoms with Crippen LogP contribution in [0.3, 0.4) is 0 Å². The molecule has 0 spiro atoms. The van der Waals surface area contributed by atoms with E-state index in [0.717, 1.165) is 36.5 Å². The van der Waals surface area contributed by atoms with Crippen LogP contribution in [0.25, 0.3) is 0 Å². The first-order valence-electron chi connectivity index (χ1n) is 7.74. The van der Waals surface area contributed by atoms with Crippen LogP contribution in [0.5, 0.6) is 0 Å². The number of carbonyl (C=O) groups is 1. The average molecular weight is 336 g/mol. The van der Waals surface area contributed by atoms with E-state index in [1.54, 1.807) is 24.3 Å². The largest absolute Gasteiger partial charge is 0.312 e. The van der Waals surface area contributed by atoms with Crippen LogP contribution in [0.1, 0.15) is 38.8 Å². The van der Waals surface area contributed by atoms with E-state index in [-0.39, 0.29) is 5.91 Å². The van der Waals surface area contributed by atoms with Gasteiger partial charge in [-0.05, 0) is 42.8 Å². The standard InChI is InChI=1S/C18H16N4OS/c1-2-22-8-7-14-15(10-20)18(24-16(14)11-22)21-17(23)13-5-3-12(9-19)4-6-13/h3-6H,2,7-8,11H2,1H3,(H,21,23). The minimum atomic E-state index is -0.262. The summed E-state index contributed by atoms with van der Waals surface area (Å²) in [5, 5.41) is 21.8. The minimum Gasteiger partial charge on any atom is -0.312 e. The molecule has 0 saturated heterocycles. The number of likely N-dealkylation sites (N-methyl/N-ethyl adjacent to an activating group) is 1. The van der Waals surface area contributed by atoms with Gasteiger partial charge in [0, 0.05) is 23.5 Å². The Bertz CT molecular complexity index is 855. The van der Waals surface area contributed by atoms with Gasteiger partial charge in [0.05, 0.1) is 17.2 Å². The Morgan fingerprint density at radius 3 is 2.67 bits per heavy atom. The molecule has 24 heavy (non-hydrogen) atoms. The maximum Gasteiger partial charge on any atom is 0.256 e. The molecule has 1 amide bonds. The van der Waals surface area contributed by atoms with E-state index in [9.17, 15) is 10.1 Å². The number of fused-ring (bicyclic) bond motifs is 1. The van der Waals surface area contributed by atoms with Gasteiger partial charge in [0.15, 0.2) is 0 Å². The van der Waals surface area contributed by atoms with E-state index in [0.29, 0.717) is 21.7 Å². The topological polar surface area (TPSA) is 79.9 Å². The smallest absolute Gasteiger partial charge is 0.256 e. The summed E-state index contributed by atoms with van der Waals surface area (Å²) in [4.78, 5) is 15.9. The second-order valence-corrected chi connectivity index (χ2v) is 6.69. The molecule has 1 aromatic heterocycles. The Morgan fingerprint density at radius 2 is 2.04 bits per heavy atom. The third kappa shape index (κ3) is 3.03. The van der Waals surface area contributed by atoms with Gasteiger partial charge in [-0.3, -0.25) is 9.69 Å². The molecule has 0 atom stereocenters. The van der Waals surface area contributed by atoms with Crippen molar-refractivity contribution in [2.75, 3.05) is 18.4 Å². The van der Waals surface area contributed by atoms with Crippen molar-refractivity contribution in [3.63, 3.8) is 0 Å². The second-order valence-electron chi connectivity index (χ2n) is 5.58. The number of hydrogen-bond acceptors (Lipinski definition) is 5. The molecule has 0 saturated carbocycles. The van der Waals surface area contributed by atoms with E-state index in [4.69, 9.17) is 5.26 Å². The van der Waals surface area contributed by atoms with E-state index in [1.165, 1.54) is 11.3 Å². The molecular formula is C18H16N4OS. The van der Waals surface area contributed by atoms with Crippen LogP contribution < -0.4 is 5.32 Å². The highest BCUT2D eigenvalue weighted by Gasteiger charge is 2.24. The van der Waals surface area contributed by atoms with Crippen molar-refractivity contribution in [2.24, 2.45) is 0 Å². The SMILES string of the molecule is CCN1CCc2c(sc(NC(=O)c3ccc(C#N)cc3)c2C#N)C1. The third-order valence-electron chi connectivity index (χ3n) is 4.20. The van der Waals surface area contributed by atoms with Crippen LogP contribution >= 0.6 is 11.3 Å². The third-order valence-corrected chi connectivity index (χ3v) is 5.33. The first-order valence-corrected chi connectivity index (χ1v) is 8.56. The predicted molar refractivity (Wildman–Crippen MR) is 92.8 cm³/mol. The van der Waals surface area contributed by atoms with Crippen molar-refractivity contribution in [3.8, 4) is 12.1 Å². The highest BCUT2D eigenvalue weighted by atomic mass is 32.1. The zero-order chi connectivity index (χ0) is 17.1. The summed E-state index contributed by atoms with van der Waals surface area (Å²) in [7, 11) is 0. The number of thiophene rings is 1. The number of nitriles is 2. The normalized spacial score (nSPS) is 13.6. The van der Waals surface area contributed by atoms with Crippen molar-refractivity contribution in [2.45, 2.75) is 19.9 Å². The summed E-state index contributed by atoms with van der Waals surface area (Å²) in [6.07, 6.45) is 0.843. The van der Waals surface area contributed by atoms with Crippen LogP contribution in [-0.2, 0) is 13.0 Å². The summed E-state index contributed by atoms with van der Waals surface area (Å²) in [5.41, 5.74) is 2.64. The lowest BCUT2D eigenvalue weighted by Gasteiger charge is -2.24. The van der Waals surface area contributed by atoms with Gasteiger partial charge in [-0.15, -0.1) is 11.3 Å². The molecule has 1 N–H and O–H groups in total. The Labute approximate surface area is 144 Å². The highest BCUT2D eigenvalue weighted by molar-refractivity contribution is 7.16. The Hall–Kier alpha value is -2.67. The molecule has 3 rings (SSSR count). The summed E-state index contributed by atoms with van der Waals surface area (Å²) < 4.78 is 0. The summed E-state index contributed by atoms with van der Waals surface area (Å²) in [6.45, 7) is 4.87. The lowest BCUT2D eigenvalue weighted by Crippen LogP contribution is -2.29. The maximum atomic E-state index is 12.4. The van der Waals surface area contributed by atoms with E-state index in [1.807, 2.05) is 6.07 Å². The van der Waals surface area contributed by atoms with E-state index >= 15 is 0 Å². The number of hydrogen-bond donors (Lipinski definition) is 1. The lowest BCUT2D eigenvalue weighted by molar-refractivity contribution is 0.102. The lowest BCUT2D eigenvalue weighted by atomic mass is 10.0. The molecule has 0 unspecified atom stereocenters. The highest BCUT2D eigenvalue weighted by Crippen LogP contribution is 2.36. The van der Waals surface area contributed by atoms with Gasteiger partial charge in [-0.25, -0.2) is 0 Å². The molecule has 1 aromatic carbocycles. The van der Waals surface area contributed by atoms with Crippen molar-refractivity contribution in [3.05, 3.63) is 51.4 Å². The Balaban J connectivity index is 1.85. The number of carbonyl (C=O) groups excluding carboxylic acids is 1. The van der Waals surface area contributed by atoms with Gasteiger partial charge in [0.1, 0.15) is 11.1 Å². The van der Waals surface area contributed by atoms with Gasteiger partial charge < -0.3 is 5.32 Å². The fourth-order valence-corrected chi connectivity index (χ4v) is 4.04. The van der Waals surface area contributed by atoms with Crippen LogP contribution in [0.2, 0.25) is 0 Å². The molecule has 1 aliphatic rings. The molecular weight excluding hydrogens is 320 g/mol. The molecule has 2 aromatic rings. The fourth-order valence-electron chi connectivity index (χ4n) is 2.80. The molecule has 5 nitrogen and oxygen atoms in total. The summed E-state index contributed by atoms with van der Waals surface area (Å²) >= 11 is 1.49. The van der Waals surface area contributed by atoms with Crippen molar-refractivity contribution in [1.82, 2.24) is 4.90 Å². The van der Waals surface area contributed by atoms with Crippen LogP contribution in [0, 0.1) is 22.7 Å². The van der Waals surface area contributed by atoms with Crippen molar-refractivity contribution >= 4 is 22.2 Å². The first kappa shape index (κ1) is 16.2. The van der Waals surface area contributed by atoms with Crippen LogP contribution in [0.4, 0.5) is 5.00 Å². The van der Waals surface area contributed by atoms with Crippen molar-refractivity contribution < 1.29 is 4.79 Å². The first-order chi connectivity index (χ1) is 11.7. The van der Waals surface area contributed by atoms with E-state index < -0.39 is 0 Å². The Kier molecular flexibility index (Phi) is 4.61. The molecule has 2 heterocycles. The predicted octanol–water partition coefficient (Wildman–Crippen LogP) is 3.12. The van der Waals surface area contributed by atoms with Crippen LogP contribution in [-0.4, -0.2) is 23.9 Å². The van der Waals surface area contributed by atoms with Gasteiger partial charge in [-0.1, -0.05) is 6.92 Å². The molecule has 1 aliphatic heterocycles. The van der Waals surface area contributed by atoms with Crippen molar-refractivity contribution in [1.29, 1.82) is 10.5 Å². The summed E-state index contributed by atoms with van der Waals surface area (Å²) in [6, 6.07) is 10.7. The molecule has 120 valence electrons. The van der Waals surface area contributed by atoms with Gasteiger partial charge in [0.25, 0.3) is 5.91 Å². The quantitative estimate of drug-likeness (QED) is 0.934.